The second-order valence-corrected chi connectivity index (χ2v) is 4.89. The molecule has 0 saturated carbocycles. The number of nitrogens with one attached hydrogen (secondary N) is 2. The van der Waals surface area contributed by atoms with Crippen LogP contribution in [-0.2, 0) is 6.54 Å². The summed E-state index contributed by atoms with van der Waals surface area (Å²) in [5.74, 6) is 0. The van der Waals surface area contributed by atoms with Gasteiger partial charge in [-0.1, -0.05) is 30.3 Å². The molecule has 0 fully saturated rings. The lowest BCUT2D eigenvalue weighted by molar-refractivity contribution is -0.135. The molecule has 2 N–H and O–H groups in total. The van der Waals surface area contributed by atoms with Gasteiger partial charge in [0.25, 0.3) is 0 Å². The third kappa shape index (κ3) is 5.23. The van der Waals surface area contributed by atoms with Crippen LogP contribution in [0.25, 0.3) is 11.3 Å². The van der Waals surface area contributed by atoms with E-state index < -0.39 is 12.6 Å². The van der Waals surface area contributed by atoms with Gasteiger partial charge in [-0.25, -0.2) is 0 Å². The molecule has 0 aliphatic rings. The number of rotatable bonds is 7. The Bertz CT molecular complexity index is 535. The van der Waals surface area contributed by atoms with Gasteiger partial charge in [-0.3, -0.25) is 5.10 Å². The predicted molar refractivity (Wildman–Crippen MR) is 75.6 cm³/mol. The van der Waals surface area contributed by atoms with Crippen LogP contribution >= 0.6 is 0 Å². The van der Waals surface area contributed by atoms with Crippen molar-refractivity contribution in [1.82, 2.24) is 15.5 Å². The summed E-state index contributed by atoms with van der Waals surface area (Å²) in [5.41, 5.74) is 3.00. The molecule has 3 nitrogen and oxygen atoms in total. The maximum Gasteiger partial charge on any atom is 0.389 e. The van der Waals surface area contributed by atoms with Crippen molar-refractivity contribution in [3.05, 3.63) is 42.1 Å². The first kappa shape index (κ1) is 15.6. The second-order valence-electron chi connectivity index (χ2n) is 4.89. The van der Waals surface area contributed by atoms with Gasteiger partial charge in [0.15, 0.2) is 0 Å². The van der Waals surface area contributed by atoms with E-state index in [1.54, 1.807) is 6.20 Å². The topological polar surface area (TPSA) is 40.7 Å². The van der Waals surface area contributed by atoms with Crippen LogP contribution in [0.4, 0.5) is 13.2 Å². The van der Waals surface area contributed by atoms with E-state index in [0.29, 0.717) is 19.5 Å². The quantitative estimate of drug-likeness (QED) is 0.761. The summed E-state index contributed by atoms with van der Waals surface area (Å²) >= 11 is 0. The van der Waals surface area contributed by atoms with Crippen molar-refractivity contribution in [3.63, 3.8) is 0 Å². The summed E-state index contributed by atoms with van der Waals surface area (Å²) in [5, 5.41) is 10.1. The summed E-state index contributed by atoms with van der Waals surface area (Å²) in [4.78, 5) is 0. The van der Waals surface area contributed by atoms with Crippen LogP contribution < -0.4 is 5.32 Å². The van der Waals surface area contributed by atoms with Gasteiger partial charge in [0.1, 0.15) is 0 Å². The van der Waals surface area contributed by atoms with E-state index in [0.717, 1.165) is 16.8 Å². The first-order valence-electron chi connectivity index (χ1n) is 6.91. The fraction of sp³-hybridized carbons (Fsp3) is 0.400. The first-order chi connectivity index (χ1) is 10.1. The summed E-state index contributed by atoms with van der Waals surface area (Å²) in [6.45, 7) is 1.15. The van der Waals surface area contributed by atoms with Gasteiger partial charge in [-0.05, 0) is 24.9 Å². The normalized spacial score (nSPS) is 11.8. The molecule has 0 aliphatic heterocycles. The Labute approximate surface area is 121 Å². The minimum Gasteiger partial charge on any atom is -0.313 e. The van der Waals surface area contributed by atoms with Crippen LogP contribution in [-0.4, -0.2) is 22.9 Å². The Kier molecular flexibility index (Phi) is 5.38. The lowest BCUT2D eigenvalue weighted by Crippen LogP contribution is -2.16. The number of benzene rings is 1. The van der Waals surface area contributed by atoms with Gasteiger partial charge in [-0.15, -0.1) is 0 Å². The lowest BCUT2D eigenvalue weighted by Gasteiger charge is -2.07. The van der Waals surface area contributed by atoms with Gasteiger partial charge in [0.2, 0.25) is 0 Å². The highest BCUT2D eigenvalue weighted by Crippen LogP contribution is 2.22. The van der Waals surface area contributed by atoms with Crippen LogP contribution in [0.3, 0.4) is 0 Å². The molecule has 0 aliphatic carbocycles. The van der Waals surface area contributed by atoms with E-state index in [-0.39, 0.29) is 6.42 Å². The van der Waals surface area contributed by atoms with E-state index in [2.05, 4.69) is 15.5 Å². The SMILES string of the molecule is FC(F)(F)CCCCNCc1cn[nH]c1-c1ccccc1. The molecule has 0 atom stereocenters. The van der Waals surface area contributed by atoms with Gasteiger partial charge in [0.05, 0.1) is 11.9 Å². The Hall–Kier alpha value is -1.82. The summed E-state index contributed by atoms with van der Waals surface area (Å²) < 4.78 is 36.0. The number of hydrogen-bond donors (Lipinski definition) is 2. The Morgan fingerprint density at radius 1 is 1.10 bits per heavy atom. The minimum atomic E-state index is -4.05. The van der Waals surface area contributed by atoms with Crippen LogP contribution in [0.5, 0.6) is 0 Å². The highest BCUT2D eigenvalue weighted by molar-refractivity contribution is 5.62. The van der Waals surface area contributed by atoms with Crippen molar-refractivity contribution in [2.75, 3.05) is 6.54 Å². The molecule has 1 aromatic carbocycles. The number of H-pyrrole nitrogens is 1. The number of aromatic nitrogens is 2. The molecule has 114 valence electrons. The number of unbranched alkanes of at least 4 members (excludes halogenated alkanes) is 1. The Morgan fingerprint density at radius 3 is 2.57 bits per heavy atom. The zero-order valence-electron chi connectivity index (χ0n) is 11.6. The number of alkyl halides is 3. The highest BCUT2D eigenvalue weighted by atomic mass is 19.4. The number of halogens is 3. The van der Waals surface area contributed by atoms with Gasteiger partial charge >= 0.3 is 6.18 Å². The smallest absolute Gasteiger partial charge is 0.313 e. The molecular formula is C15H18F3N3. The maximum absolute atomic E-state index is 12.0. The number of aromatic amines is 1. The van der Waals surface area contributed by atoms with Crippen molar-refractivity contribution < 1.29 is 13.2 Å². The molecule has 21 heavy (non-hydrogen) atoms. The molecule has 2 rings (SSSR count). The predicted octanol–water partition coefficient (Wildman–Crippen LogP) is 3.90. The molecule has 1 aromatic heterocycles. The Morgan fingerprint density at radius 2 is 1.86 bits per heavy atom. The fourth-order valence-electron chi connectivity index (χ4n) is 2.10. The Balaban J connectivity index is 1.76. The van der Waals surface area contributed by atoms with E-state index in [1.165, 1.54) is 0 Å². The monoisotopic (exact) mass is 297 g/mol. The largest absolute Gasteiger partial charge is 0.389 e. The average Bonchev–Trinajstić information content (AvgIpc) is 2.91. The van der Waals surface area contributed by atoms with Crippen LogP contribution in [0, 0.1) is 0 Å². The molecule has 0 spiro atoms. The third-order valence-electron chi connectivity index (χ3n) is 3.16. The van der Waals surface area contributed by atoms with Crippen LogP contribution in [0.2, 0.25) is 0 Å². The van der Waals surface area contributed by atoms with Crippen molar-refractivity contribution in [3.8, 4) is 11.3 Å². The first-order valence-corrected chi connectivity index (χ1v) is 6.91. The van der Waals surface area contributed by atoms with Crippen LogP contribution in [0.1, 0.15) is 24.8 Å². The summed E-state index contributed by atoms with van der Waals surface area (Å²) in [7, 11) is 0. The van der Waals surface area contributed by atoms with E-state index in [1.807, 2.05) is 30.3 Å². The molecule has 0 saturated heterocycles. The standard InChI is InChI=1S/C15H18F3N3/c16-15(17,18)8-4-5-9-19-10-13-11-20-21-14(13)12-6-2-1-3-7-12/h1-3,6-7,11,19H,4-5,8-10H2,(H,20,21). The molecule has 6 heteroatoms. The van der Waals surface area contributed by atoms with E-state index in [4.69, 9.17) is 0 Å². The zero-order chi connectivity index (χ0) is 15.1. The zero-order valence-corrected chi connectivity index (χ0v) is 11.6. The van der Waals surface area contributed by atoms with Crippen molar-refractivity contribution in [1.29, 1.82) is 0 Å². The molecular weight excluding hydrogens is 279 g/mol. The molecule has 0 bridgehead atoms. The van der Waals surface area contributed by atoms with Gasteiger partial charge in [0, 0.05) is 18.5 Å². The average molecular weight is 297 g/mol. The lowest BCUT2D eigenvalue weighted by atomic mass is 10.1. The molecule has 0 radical (unpaired) electrons. The summed E-state index contributed by atoms with van der Waals surface area (Å²) in [6, 6.07) is 9.81. The maximum atomic E-state index is 12.0. The van der Waals surface area contributed by atoms with E-state index >= 15 is 0 Å². The molecule has 0 amide bonds. The fourth-order valence-corrected chi connectivity index (χ4v) is 2.10. The van der Waals surface area contributed by atoms with Gasteiger partial charge < -0.3 is 5.32 Å². The second kappa shape index (κ2) is 7.26. The summed E-state index contributed by atoms with van der Waals surface area (Å²) in [6.07, 6.45) is -2.35. The van der Waals surface area contributed by atoms with Crippen LogP contribution in [0.15, 0.2) is 36.5 Å². The van der Waals surface area contributed by atoms with E-state index in [9.17, 15) is 13.2 Å². The highest BCUT2D eigenvalue weighted by Gasteiger charge is 2.25. The van der Waals surface area contributed by atoms with Crippen molar-refractivity contribution >= 4 is 0 Å². The van der Waals surface area contributed by atoms with Crippen molar-refractivity contribution in [2.45, 2.75) is 32.0 Å². The van der Waals surface area contributed by atoms with Gasteiger partial charge in [-0.2, -0.15) is 18.3 Å². The van der Waals surface area contributed by atoms with Crippen molar-refractivity contribution in [2.24, 2.45) is 0 Å². The molecule has 2 aromatic rings. The third-order valence-corrected chi connectivity index (χ3v) is 3.16. The molecule has 0 unspecified atom stereocenters. The number of nitrogens with zero attached hydrogens (tertiary/aromatic N) is 1. The number of hydrogen-bond acceptors (Lipinski definition) is 2. The minimum absolute atomic E-state index is 0.160. The molecule has 1 heterocycles.